The minimum absolute atomic E-state index is 0.295. The van der Waals surface area contributed by atoms with E-state index in [9.17, 15) is 18.0 Å². The van der Waals surface area contributed by atoms with E-state index in [1.54, 1.807) is 18.2 Å². The highest BCUT2D eigenvalue weighted by molar-refractivity contribution is 6.34. The van der Waals surface area contributed by atoms with Crippen molar-refractivity contribution in [2.75, 3.05) is 10.6 Å². The molecular formula is C16H10ClF3N2O2. The van der Waals surface area contributed by atoms with Crippen LogP contribution >= 0.6 is 11.6 Å². The molecular weight excluding hydrogens is 345 g/mol. The third-order valence-corrected chi connectivity index (χ3v) is 3.47. The lowest BCUT2D eigenvalue weighted by Gasteiger charge is -2.09. The number of carbonyl (C=O) groups is 1. The van der Waals surface area contributed by atoms with Gasteiger partial charge in [-0.05, 0) is 42.5 Å². The molecule has 8 heteroatoms. The summed E-state index contributed by atoms with van der Waals surface area (Å²) in [6.45, 7) is 0. The van der Waals surface area contributed by atoms with Gasteiger partial charge >= 0.3 is 6.36 Å². The van der Waals surface area contributed by atoms with Crippen LogP contribution in [0.5, 0.6) is 5.75 Å². The Morgan fingerprint density at radius 3 is 2.50 bits per heavy atom. The van der Waals surface area contributed by atoms with Crippen LogP contribution in [-0.2, 0) is 4.79 Å². The van der Waals surface area contributed by atoms with Crippen LogP contribution in [-0.4, -0.2) is 12.3 Å². The smallest absolute Gasteiger partial charge is 0.406 e. The standard InChI is InChI=1S/C16H10ClF3N2O2/c17-9-1-6-14-12(7-9)13(15(23)22-14)8-21-10-2-4-11(5-3-10)24-16(18,19)20/h1-8,21H,(H,22,23). The van der Waals surface area contributed by atoms with E-state index in [0.717, 1.165) is 0 Å². The van der Waals surface area contributed by atoms with E-state index in [2.05, 4.69) is 15.4 Å². The molecule has 2 aromatic carbocycles. The molecule has 2 N–H and O–H groups in total. The molecule has 0 saturated heterocycles. The maximum atomic E-state index is 12.1. The summed E-state index contributed by atoms with van der Waals surface area (Å²) in [5.74, 6) is -0.617. The lowest BCUT2D eigenvalue weighted by atomic mass is 10.1. The lowest BCUT2D eigenvalue weighted by molar-refractivity contribution is -0.274. The topological polar surface area (TPSA) is 50.4 Å². The highest BCUT2D eigenvalue weighted by atomic mass is 35.5. The number of rotatable bonds is 3. The first-order valence-corrected chi connectivity index (χ1v) is 7.13. The number of halogens is 4. The highest BCUT2D eigenvalue weighted by Crippen LogP contribution is 2.33. The van der Waals surface area contributed by atoms with Crippen molar-refractivity contribution in [3.63, 3.8) is 0 Å². The second-order valence-corrected chi connectivity index (χ2v) is 5.35. The summed E-state index contributed by atoms with van der Waals surface area (Å²) in [7, 11) is 0. The molecule has 0 aromatic heterocycles. The molecule has 1 aliphatic heterocycles. The van der Waals surface area contributed by atoms with Crippen LogP contribution in [0.15, 0.2) is 48.7 Å². The van der Waals surface area contributed by atoms with Crippen LogP contribution in [0.4, 0.5) is 24.5 Å². The third-order valence-electron chi connectivity index (χ3n) is 3.24. The number of fused-ring (bicyclic) bond motifs is 1. The molecule has 4 nitrogen and oxygen atoms in total. The number of hydrogen-bond donors (Lipinski definition) is 2. The van der Waals surface area contributed by atoms with Crippen LogP contribution in [0.25, 0.3) is 5.57 Å². The molecule has 0 spiro atoms. The molecule has 2 aromatic rings. The van der Waals surface area contributed by atoms with E-state index in [0.29, 0.717) is 27.5 Å². The summed E-state index contributed by atoms with van der Waals surface area (Å²) < 4.78 is 40.1. The molecule has 1 amide bonds. The van der Waals surface area contributed by atoms with Crippen molar-refractivity contribution in [1.82, 2.24) is 0 Å². The van der Waals surface area contributed by atoms with Gasteiger partial charge in [0.1, 0.15) is 5.75 Å². The van der Waals surface area contributed by atoms with Crippen molar-refractivity contribution >= 4 is 34.5 Å². The molecule has 24 heavy (non-hydrogen) atoms. The van der Waals surface area contributed by atoms with Crippen molar-refractivity contribution in [2.45, 2.75) is 6.36 Å². The van der Waals surface area contributed by atoms with E-state index in [-0.39, 0.29) is 11.7 Å². The Labute approximate surface area is 139 Å². The van der Waals surface area contributed by atoms with Crippen molar-refractivity contribution < 1.29 is 22.7 Å². The quantitative estimate of drug-likeness (QED) is 0.789. The Balaban J connectivity index is 1.77. The van der Waals surface area contributed by atoms with Gasteiger partial charge < -0.3 is 15.4 Å². The fraction of sp³-hybridized carbons (Fsp3) is 0.0625. The predicted molar refractivity (Wildman–Crippen MR) is 84.8 cm³/mol. The zero-order valence-corrected chi connectivity index (χ0v) is 12.7. The minimum atomic E-state index is -4.73. The summed E-state index contributed by atoms with van der Waals surface area (Å²) in [6.07, 6.45) is -3.26. The average Bonchev–Trinajstić information content (AvgIpc) is 2.80. The first-order chi connectivity index (χ1) is 11.3. The Bertz CT molecular complexity index is 817. The number of carbonyl (C=O) groups excluding carboxylic acids is 1. The van der Waals surface area contributed by atoms with Gasteiger partial charge in [-0.3, -0.25) is 4.79 Å². The van der Waals surface area contributed by atoms with Gasteiger partial charge in [-0.15, -0.1) is 13.2 Å². The second kappa shape index (κ2) is 6.09. The molecule has 0 radical (unpaired) electrons. The monoisotopic (exact) mass is 354 g/mol. The number of anilines is 2. The molecule has 3 rings (SSSR count). The Morgan fingerprint density at radius 1 is 1.12 bits per heavy atom. The summed E-state index contributed by atoms with van der Waals surface area (Å²) in [5.41, 5.74) is 2.17. The molecule has 124 valence electrons. The number of ether oxygens (including phenoxy) is 1. The normalized spacial score (nSPS) is 15.2. The lowest BCUT2D eigenvalue weighted by Crippen LogP contribution is -2.16. The Morgan fingerprint density at radius 2 is 1.83 bits per heavy atom. The Kier molecular flexibility index (Phi) is 4.11. The third kappa shape index (κ3) is 3.62. The van der Waals surface area contributed by atoms with Gasteiger partial charge in [0.15, 0.2) is 0 Å². The molecule has 0 unspecified atom stereocenters. The molecule has 1 aliphatic rings. The van der Waals surface area contributed by atoms with Gasteiger partial charge in [0.25, 0.3) is 5.91 Å². The van der Waals surface area contributed by atoms with Crippen LogP contribution in [0, 0.1) is 0 Å². The highest BCUT2D eigenvalue weighted by Gasteiger charge is 2.31. The minimum Gasteiger partial charge on any atom is -0.406 e. The van der Waals surface area contributed by atoms with Crippen LogP contribution in [0.2, 0.25) is 5.02 Å². The zero-order valence-electron chi connectivity index (χ0n) is 11.9. The Hall–Kier alpha value is -2.67. The van der Waals surface area contributed by atoms with Gasteiger partial charge in [-0.1, -0.05) is 11.6 Å². The average molecular weight is 355 g/mol. The summed E-state index contributed by atoms with van der Waals surface area (Å²) in [4.78, 5) is 12.0. The fourth-order valence-corrected chi connectivity index (χ4v) is 2.38. The molecule has 0 aliphatic carbocycles. The summed E-state index contributed by atoms with van der Waals surface area (Å²) in [6, 6.07) is 10.2. The summed E-state index contributed by atoms with van der Waals surface area (Å²) in [5, 5.41) is 6.05. The van der Waals surface area contributed by atoms with E-state index in [1.807, 2.05) is 0 Å². The second-order valence-electron chi connectivity index (χ2n) is 4.92. The molecule has 0 atom stereocenters. The van der Waals surface area contributed by atoms with Crippen LogP contribution < -0.4 is 15.4 Å². The van der Waals surface area contributed by atoms with E-state index in [4.69, 9.17) is 11.6 Å². The number of amides is 1. The van der Waals surface area contributed by atoms with E-state index in [1.165, 1.54) is 30.5 Å². The van der Waals surface area contributed by atoms with Crippen molar-refractivity contribution in [3.8, 4) is 5.75 Å². The predicted octanol–water partition coefficient (Wildman–Crippen LogP) is 4.64. The maximum Gasteiger partial charge on any atom is 0.573 e. The number of hydrogen-bond acceptors (Lipinski definition) is 3. The number of nitrogens with one attached hydrogen (secondary N) is 2. The molecule has 0 saturated carbocycles. The van der Waals surface area contributed by atoms with Gasteiger partial charge in [-0.2, -0.15) is 0 Å². The first-order valence-electron chi connectivity index (χ1n) is 6.76. The molecule has 0 fully saturated rings. The number of alkyl halides is 3. The van der Waals surface area contributed by atoms with E-state index < -0.39 is 6.36 Å². The van der Waals surface area contributed by atoms with Crippen molar-refractivity contribution in [1.29, 1.82) is 0 Å². The summed E-state index contributed by atoms with van der Waals surface area (Å²) >= 11 is 5.93. The zero-order chi connectivity index (χ0) is 17.3. The van der Waals surface area contributed by atoms with Gasteiger partial charge in [0, 0.05) is 28.2 Å². The largest absolute Gasteiger partial charge is 0.573 e. The van der Waals surface area contributed by atoms with Crippen molar-refractivity contribution in [3.05, 3.63) is 59.3 Å². The van der Waals surface area contributed by atoms with Gasteiger partial charge in [0.05, 0.1) is 5.57 Å². The van der Waals surface area contributed by atoms with E-state index >= 15 is 0 Å². The number of benzene rings is 2. The van der Waals surface area contributed by atoms with Crippen LogP contribution in [0.3, 0.4) is 0 Å². The first kappa shape index (κ1) is 16.2. The van der Waals surface area contributed by atoms with Crippen LogP contribution in [0.1, 0.15) is 5.56 Å². The fourth-order valence-electron chi connectivity index (χ4n) is 2.21. The van der Waals surface area contributed by atoms with Gasteiger partial charge in [-0.25, -0.2) is 0 Å². The van der Waals surface area contributed by atoms with Crippen molar-refractivity contribution in [2.24, 2.45) is 0 Å². The molecule has 0 bridgehead atoms. The van der Waals surface area contributed by atoms with Gasteiger partial charge in [0.2, 0.25) is 0 Å². The molecule has 1 heterocycles. The SMILES string of the molecule is O=C1Nc2ccc(Cl)cc2C1=CNc1ccc(OC(F)(F)F)cc1. The maximum absolute atomic E-state index is 12.1.